The van der Waals surface area contributed by atoms with Gasteiger partial charge < -0.3 is 9.84 Å². The SMILES string of the molecule is CC/C(=C\c1sc(C(=O)OC)cc1C)c1ccc(O)cc1Cl. The molecule has 116 valence electrons. The summed E-state index contributed by atoms with van der Waals surface area (Å²) in [5.74, 6) is -0.182. The number of phenolic OH excluding ortho intramolecular Hbond substituents is 1. The molecule has 1 N–H and O–H groups in total. The van der Waals surface area contributed by atoms with Crippen LogP contribution < -0.4 is 0 Å². The van der Waals surface area contributed by atoms with Crippen molar-refractivity contribution in [1.82, 2.24) is 0 Å². The smallest absolute Gasteiger partial charge is 0.348 e. The summed E-state index contributed by atoms with van der Waals surface area (Å²) in [4.78, 5) is 13.2. The van der Waals surface area contributed by atoms with Crippen molar-refractivity contribution in [2.24, 2.45) is 0 Å². The number of hydrogen-bond donors (Lipinski definition) is 1. The molecule has 1 aromatic heterocycles. The van der Waals surface area contributed by atoms with Gasteiger partial charge in [0.25, 0.3) is 0 Å². The normalized spacial score (nSPS) is 11.5. The number of methoxy groups -OCH3 is 1. The number of rotatable bonds is 4. The van der Waals surface area contributed by atoms with Crippen LogP contribution in [0.3, 0.4) is 0 Å². The summed E-state index contributed by atoms with van der Waals surface area (Å²) in [6.45, 7) is 4.00. The number of aryl methyl sites for hydroxylation is 1. The second-order valence-electron chi connectivity index (χ2n) is 4.84. The molecule has 0 unspecified atom stereocenters. The quantitative estimate of drug-likeness (QED) is 0.785. The van der Waals surface area contributed by atoms with Crippen molar-refractivity contribution in [3.8, 4) is 5.75 Å². The van der Waals surface area contributed by atoms with E-state index in [1.807, 2.05) is 26.0 Å². The maximum atomic E-state index is 11.6. The summed E-state index contributed by atoms with van der Waals surface area (Å²) in [5.41, 5.74) is 2.95. The summed E-state index contributed by atoms with van der Waals surface area (Å²) in [6, 6.07) is 6.78. The standard InChI is InChI=1S/C17H17ClO3S/c1-4-11(13-6-5-12(19)9-14(13)18)8-15-10(2)7-16(22-15)17(20)21-3/h5-9,19H,4H2,1-3H3/b11-8+. The van der Waals surface area contributed by atoms with E-state index in [2.05, 4.69) is 0 Å². The van der Waals surface area contributed by atoms with Crippen LogP contribution in [-0.4, -0.2) is 18.2 Å². The lowest BCUT2D eigenvalue weighted by Gasteiger charge is -2.08. The number of ether oxygens (including phenoxy) is 1. The molecule has 0 radical (unpaired) electrons. The Hall–Kier alpha value is -1.78. The van der Waals surface area contributed by atoms with Crippen molar-refractivity contribution in [2.45, 2.75) is 20.3 Å². The van der Waals surface area contributed by atoms with Crippen molar-refractivity contribution in [3.63, 3.8) is 0 Å². The number of halogens is 1. The molecule has 0 saturated heterocycles. The summed E-state index contributed by atoms with van der Waals surface area (Å²) in [5, 5.41) is 9.97. The predicted molar refractivity (Wildman–Crippen MR) is 91.7 cm³/mol. The second kappa shape index (κ2) is 6.99. The van der Waals surface area contributed by atoms with Crippen molar-refractivity contribution < 1.29 is 14.6 Å². The van der Waals surface area contributed by atoms with E-state index in [1.54, 1.807) is 12.1 Å². The minimum atomic E-state index is -0.325. The van der Waals surface area contributed by atoms with E-state index in [-0.39, 0.29) is 11.7 Å². The van der Waals surface area contributed by atoms with Crippen LogP contribution in [0.5, 0.6) is 5.75 Å². The van der Waals surface area contributed by atoms with Gasteiger partial charge in [0, 0.05) is 4.88 Å². The molecule has 0 aliphatic rings. The number of thiophene rings is 1. The third-order valence-electron chi connectivity index (χ3n) is 3.33. The first kappa shape index (κ1) is 16.6. The molecule has 0 aliphatic heterocycles. The fourth-order valence-corrected chi connectivity index (χ4v) is 3.49. The third kappa shape index (κ3) is 3.51. The molecule has 2 rings (SSSR count). The average Bonchev–Trinajstić information content (AvgIpc) is 2.85. The van der Waals surface area contributed by atoms with Crippen LogP contribution in [-0.2, 0) is 4.74 Å². The van der Waals surface area contributed by atoms with Crippen LogP contribution in [0.25, 0.3) is 11.6 Å². The van der Waals surface area contributed by atoms with E-state index in [9.17, 15) is 9.90 Å². The molecular formula is C17H17ClO3S. The minimum Gasteiger partial charge on any atom is -0.508 e. The molecule has 0 bridgehead atoms. The van der Waals surface area contributed by atoms with Crippen LogP contribution in [0.15, 0.2) is 24.3 Å². The first-order valence-electron chi connectivity index (χ1n) is 6.84. The molecule has 0 atom stereocenters. The zero-order valence-corrected chi connectivity index (χ0v) is 14.2. The van der Waals surface area contributed by atoms with Crippen LogP contribution >= 0.6 is 22.9 Å². The van der Waals surface area contributed by atoms with Crippen LogP contribution in [0.2, 0.25) is 5.02 Å². The van der Waals surface area contributed by atoms with Crippen molar-refractivity contribution in [3.05, 3.63) is 50.2 Å². The number of carbonyl (C=O) groups is 1. The highest BCUT2D eigenvalue weighted by atomic mass is 35.5. The number of benzene rings is 1. The lowest BCUT2D eigenvalue weighted by molar-refractivity contribution is 0.0606. The molecule has 5 heteroatoms. The molecule has 3 nitrogen and oxygen atoms in total. The van der Waals surface area contributed by atoms with Crippen molar-refractivity contribution in [2.75, 3.05) is 7.11 Å². The third-order valence-corrected chi connectivity index (χ3v) is 4.80. The molecule has 0 saturated carbocycles. The zero-order chi connectivity index (χ0) is 16.3. The van der Waals surface area contributed by atoms with Gasteiger partial charge in [-0.15, -0.1) is 11.3 Å². The van der Waals surface area contributed by atoms with Crippen LogP contribution in [0, 0.1) is 6.92 Å². The van der Waals surface area contributed by atoms with E-state index in [4.69, 9.17) is 16.3 Å². The molecule has 2 aromatic rings. The van der Waals surface area contributed by atoms with Crippen molar-refractivity contribution in [1.29, 1.82) is 0 Å². The van der Waals surface area contributed by atoms with Gasteiger partial charge in [0.05, 0.1) is 12.1 Å². The van der Waals surface area contributed by atoms with Gasteiger partial charge >= 0.3 is 5.97 Å². The average molecular weight is 337 g/mol. The van der Waals surface area contributed by atoms with Gasteiger partial charge in [-0.3, -0.25) is 0 Å². The predicted octanol–water partition coefficient (Wildman–Crippen LogP) is 5.15. The monoisotopic (exact) mass is 336 g/mol. The lowest BCUT2D eigenvalue weighted by atomic mass is 10.0. The van der Waals surface area contributed by atoms with Gasteiger partial charge in [0.15, 0.2) is 0 Å². The Morgan fingerprint density at radius 2 is 2.14 bits per heavy atom. The van der Waals surface area contributed by atoms with E-state index in [1.165, 1.54) is 24.5 Å². The molecule has 1 aromatic carbocycles. The van der Waals surface area contributed by atoms with E-state index in [0.717, 1.165) is 28.0 Å². The number of allylic oxidation sites excluding steroid dienone is 1. The molecule has 1 heterocycles. The fraction of sp³-hybridized carbons (Fsp3) is 0.235. The Labute approximate surface area is 138 Å². The van der Waals surface area contributed by atoms with E-state index >= 15 is 0 Å². The molecular weight excluding hydrogens is 320 g/mol. The van der Waals surface area contributed by atoms with Gasteiger partial charge in [0.1, 0.15) is 10.6 Å². The van der Waals surface area contributed by atoms with Crippen molar-refractivity contribution >= 4 is 40.6 Å². The van der Waals surface area contributed by atoms with Gasteiger partial charge in [-0.25, -0.2) is 4.79 Å². The van der Waals surface area contributed by atoms with E-state index in [0.29, 0.717) is 9.90 Å². The van der Waals surface area contributed by atoms with Gasteiger partial charge in [0.2, 0.25) is 0 Å². The summed E-state index contributed by atoms with van der Waals surface area (Å²) in [7, 11) is 1.38. The highest BCUT2D eigenvalue weighted by Gasteiger charge is 2.13. The fourth-order valence-electron chi connectivity index (χ4n) is 2.13. The largest absolute Gasteiger partial charge is 0.508 e. The van der Waals surface area contributed by atoms with Crippen LogP contribution in [0.4, 0.5) is 0 Å². The van der Waals surface area contributed by atoms with Crippen LogP contribution in [0.1, 0.15) is 39.0 Å². The lowest BCUT2D eigenvalue weighted by Crippen LogP contribution is -1.96. The zero-order valence-electron chi connectivity index (χ0n) is 12.6. The minimum absolute atomic E-state index is 0.143. The topological polar surface area (TPSA) is 46.5 Å². The summed E-state index contributed by atoms with van der Waals surface area (Å²) in [6.07, 6.45) is 2.82. The maximum Gasteiger partial charge on any atom is 0.348 e. The number of aromatic hydroxyl groups is 1. The number of carbonyl (C=O) groups excluding carboxylic acids is 1. The Morgan fingerprint density at radius 1 is 1.41 bits per heavy atom. The summed E-state index contributed by atoms with van der Waals surface area (Å²) >= 11 is 7.61. The first-order valence-corrected chi connectivity index (χ1v) is 8.04. The van der Waals surface area contributed by atoms with Gasteiger partial charge in [-0.2, -0.15) is 0 Å². The molecule has 0 amide bonds. The second-order valence-corrected chi connectivity index (χ2v) is 6.33. The number of esters is 1. The number of phenols is 1. The highest BCUT2D eigenvalue weighted by molar-refractivity contribution is 7.15. The Balaban J connectivity index is 2.45. The van der Waals surface area contributed by atoms with Gasteiger partial charge in [-0.1, -0.05) is 18.5 Å². The Kier molecular flexibility index (Phi) is 5.27. The Bertz CT molecular complexity index is 732. The molecule has 0 fully saturated rings. The molecule has 0 spiro atoms. The Morgan fingerprint density at radius 3 is 2.73 bits per heavy atom. The highest BCUT2D eigenvalue weighted by Crippen LogP contribution is 2.33. The summed E-state index contributed by atoms with van der Waals surface area (Å²) < 4.78 is 4.75. The molecule has 22 heavy (non-hydrogen) atoms. The maximum absolute atomic E-state index is 11.6. The van der Waals surface area contributed by atoms with Gasteiger partial charge in [-0.05, 0) is 60.4 Å². The molecule has 0 aliphatic carbocycles. The first-order chi connectivity index (χ1) is 10.5. The van der Waals surface area contributed by atoms with E-state index < -0.39 is 0 Å². The number of hydrogen-bond acceptors (Lipinski definition) is 4.